The predicted molar refractivity (Wildman–Crippen MR) is 360 cm³/mol. The fourth-order valence-corrected chi connectivity index (χ4v) is 30.9. The summed E-state index contributed by atoms with van der Waals surface area (Å²) in [4.78, 5) is 31.5. The van der Waals surface area contributed by atoms with E-state index in [4.69, 9.17) is 9.47 Å². The molecule has 0 aromatic heterocycles. The summed E-state index contributed by atoms with van der Waals surface area (Å²) in [6.45, 7) is -0.627. The van der Waals surface area contributed by atoms with E-state index >= 15 is 25.2 Å². The Morgan fingerprint density at radius 3 is 2.40 bits per heavy atom. The summed E-state index contributed by atoms with van der Waals surface area (Å²) < 4.78 is 15.1. The molecule has 11 saturated carbocycles. The molecule has 18 aliphatic rings. The number of aldehydes is 1. The molecule has 12 fully saturated rings. The molecule has 4 spiro atoms. The van der Waals surface area contributed by atoms with E-state index < -0.39 is 104 Å². The number of hydrogen-bond donors (Lipinski definition) is 7. The monoisotopic (exact) mass is 1290 g/mol. The van der Waals surface area contributed by atoms with Gasteiger partial charge in [0.05, 0.1) is 42.5 Å². The van der Waals surface area contributed by atoms with Gasteiger partial charge in [0.25, 0.3) is 0 Å². The zero-order valence-electron chi connectivity index (χ0n) is 56.1. The molecule has 3 heterocycles. The molecule has 21 bridgehead atoms. The van der Waals surface area contributed by atoms with E-state index in [0.29, 0.717) is 68.8 Å². The molecule has 0 radical (unpaired) electrons. The van der Waals surface area contributed by atoms with E-state index in [-0.39, 0.29) is 96.7 Å². The Balaban J connectivity index is 0.878. The van der Waals surface area contributed by atoms with Crippen LogP contribution in [-0.4, -0.2) is 104 Å². The highest BCUT2D eigenvalue weighted by molar-refractivity contribution is 5.87. The van der Waals surface area contributed by atoms with Gasteiger partial charge in [0.1, 0.15) is 23.6 Å². The van der Waals surface area contributed by atoms with Gasteiger partial charge in [-0.15, -0.1) is 5.92 Å². The molecule has 3 aliphatic heterocycles. The molecule has 3 aromatic carbocycles. The number of aliphatic hydroxyl groups is 6. The summed E-state index contributed by atoms with van der Waals surface area (Å²) in [6.07, 6.45) is 21.8. The van der Waals surface area contributed by atoms with Crippen molar-refractivity contribution in [3.8, 4) is 23.7 Å². The Morgan fingerprint density at radius 2 is 1.58 bits per heavy atom. The standard InChI is InChI=1S/C85H99NO10/c1-86-70-38-62-52(15-8-18-56(62)43-87)23-28-77(26-5-6-27-77)44-80-41-55-17-10-20-60-59(51-13-3-2-4-14-51)24-29-78-30-25-61-66(39-65(60)78)81(78)45-79(46-88)74(55)85(94,83(80,92)42-57-36-64(70)73-67(40-72(90)96-73)82(57,80)47-89)75(91)68-37-63-53-16-9-19-58(63)54-22-21-50(33-54)32-48-11-7-12-49(31-48)34-71(61)95-76(81)69(35-53)84(68,79)93/h2-4,7-9,11-16,18,31,40,46,50,53-55,57-61,63-66,68-71,73-76,86-87,89,91-94H,5-6,19-22,24-27,29-30,32-39,41-45,47H2,1H3/t50-,53-,54+,55-,57+,58+,59-,60-,61+,63-,64-,65+,66-,68-,69+,70+,71+,73+,74-,75-,76-,78-,79+,80+,81-,82-,83-,84+,85-/m1/s1. The van der Waals surface area contributed by atoms with Crippen LogP contribution in [0.4, 0.5) is 0 Å². The van der Waals surface area contributed by atoms with Gasteiger partial charge in [-0.25, -0.2) is 4.79 Å². The molecular formula is C85H99NO10. The summed E-state index contributed by atoms with van der Waals surface area (Å²) >= 11 is 0. The fraction of sp³-hybridized carbons (Fsp3) is 0.671. The number of aliphatic hydroxyl groups excluding tert-OH is 3. The quantitative estimate of drug-likeness (QED) is 0.0558. The normalized spacial score (nSPS) is 51.5. The van der Waals surface area contributed by atoms with E-state index in [1.54, 1.807) is 6.08 Å². The molecule has 3 aromatic rings. The number of carbonyl (C=O) groups is 2. The van der Waals surface area contributed by atoms with Crippen LogP contribution >= 0.6 is 0 Å². The lowest BCUT2D eigenvalue weighted by Gasteiger charge is -2.79. The first kappa shape index (κ1) is 61.0. The predicted octanol–water partition coefficient (Wildman–Crippen LogP) is 10.7. The lowest BCUT2D eigenvalue weighted by atomic mass is 9.27. The van der Waals surface area contributed by atoms with Crippen molar-refractivity contribution in [3.05, 3.63) is 130 Å². The maximum absolute atomic E-state index is 16.8. The molecule has 29 atom stereocenters. The Labute approximate surface area is 566 Å². The first-order chi connectivity index (χ1) is 46.6. The largest absolute Gasteiger partial charge is 0.454 e. The summed E-state index contributed by atoms with van der Waals surface area (Å²) in [6, 6.07) is 26.3. The Hall–Kier alpha value is -4.92. The van der Waals surface area contributed by atoms with Crippen LogP contribution in [0.25, 0.3) is 0 Å². The van der Waals surface area contributed by atoms with Crippen molar-refractivity contribution in [2.45, 2.75) is 214 Å². The number of rotatable bonds is 5. The smallest absolute Gasteiger partial charge is 0.331 e. The van der Waals surface area contributed by atoms with Crippen molar-refractivity contribution in [1.29, 1.82) is 0 Å². The Morgan fingerprint density at radius 1 is 0.760 bits per heavy atom. The third-order valence-corrected chi connectivity index (χ3v) is 33.8. The molecular weight excluding hydrogens is 1190 g/mol. The summed E-state index contributed by atoms with van der Waals surface area (Å²) in [5.74, 6) is 12.8. The van der Waals surface area contributed by atoms with Crippen LogP contribution in [0, 0.1) is 145 Å². The third-order valence-electron chi connectivity index (χ3n) is 33.8. The minimum atomic E-state index is -2.50. The van der Waals surface area contributed by atoms with Gasteiger partial charge < -0.3 is 50.2 Å². The molecule has 1 saturated heterocycles. The van der Waals surface area contributed by atoms with Crippen molar-refractivity contribution in [3.63, 3.8) is 0 Å². The highest BCUT2D eigenvalue weighted by atomic mass is 16.5. The van der Waals surface area contributed by atoms with Gasteiger partial charge in [-0.3, -0.25) is 0 Å². The average Bonchev–Trinajstić information content (AvgIpc) is 1.27. The van der Waals surface area contributed by atoms with Crippen molar-refractivity contribution in [2.24, 2.45) is 121 Å². The highest BCUT2D eigenvalue weighted by Crippen LogP contribution is 2.88. The van der Waals surface area contributed by atoms with Crippen LogP contribution in [0.1, 0.15) is 174 Å². The molecule has 0 unspecified atom stereocenters. The number of hydrogen-bond acceptors (Lipinski definition) is 11. The van der Waals surface area contributed by atoms with Gasteiger partial charge in [0.2, 0.25) is 0 Å². The zero-order chi connectivity index (χ0) is 64.9. The molecule has 11 nitrogen and oxygen atoms in total. The lowest BCUT2D eigenvalue weighted by molar-refractivity contribution is -0.412. The summed E-state index contributed by atoms with van der Waals surface area (Å²) in [7, 11) is 1.94. The third kappa shape index (κ3) is 7.28. The minimum absolute atomic E-state index is 0.00698. The lowest BCUT2D eigenvalue weighted by Crippen LogP contribution is -2.89. The first-order valence-corrected chi connectivity index (χ1v) is 38.3. The molecule has 11 heteroatoms. The van der Waals surface area contributed by atoms with Crippen LogP contribution < -0.4 is 5.32 Å². The van der Waals surface area contributed by atoms with Crippen molar-refractivity contribution >= 4 is 12.3 Å². The maximum Gasteiger partial charge on any atom is 0.331 e. The van der Waals surface area contributed by atoms with Crippen LogP contribution in [0.3, 0.4) is 0 Å². The number of fused-ring (bicyclic) bond motifs is 9. The maximum atomic E-state index is 16.8. The Bertz CT molecular complexity index is 3950. The SMILES string of the molecule is CN[C@H]1Cc2c(cccc2CO)C#CC2(CCCC2)C[C@]23C[C@H]4C#CC[C@@H]5[C@@H](c6ccccc6)CC[C@]67CC[C@@H]8[C@@H]9Cc%10cccc(c%10)C[C@H]%10CC[C@@H](C%10)[C@@H]%10CC=C[C@@H]%11C[C@H]%12[C@@H](O9)[C@@]6(C[C@]6(C=O)[C@@H]4[C@@](O)([C@H](O)[C@@H](C[C@@H]%10%11)[C@]%126O)[C@@]2(O)C[C@@H]2C[C@H]1[C@@H]1OC(=O)C=C1[C@@]23CO)[C@@H]8C[C@@H]57. The molecule has 15 aliphatic carbocycles. The van der Waals surface area contributed by atoms with Gasteiger partial charge in [-0.1, -0.05) is 109 Å². The second kappa shape index (κ2) is 20.9. The van der Waals surface area contributed by atoms with Crippen LogP contribution in [-0.2, 0) is 44.9 Å². The van der Waals surface area contributed by atoms with Crippen molar-refractivity contribution in [1.82, 2.24) is 5.32 Å². The Kier molecular flexibility index (Phi) is 13.3. The van der Waals surface area contributed by atoms with Gasteiger partial charge in [-0.05, 0) is 252 Å². The number of benzene rings is 3. The number of allylic oxidation sites excluding steroid dienone is 2. The highest BCUT2D eigenvalue weighted by Gasteiger charge is 2.93. The molecule has 7 N–H and O–H groups in total. The van der Waals surface area contributed by atoms with Gasteiger partial charge in [0, 0.05) is 75.4 Å². The van der Waals surface area contributed by atoms with E-state index in [9.17, 15) is 15.0 Å². The van der Waals surface area contributed by atoms with Crippen LogP contribution in [0.5, 0.6) is 0 Å². The van der Waals surface area contributed by atoms with Crippen molar-refractivity contribution < 1.29 is 49.7 Å². The summed E-state index contributed by atoms with van der Waals surface area (Å²) in [5.41, 5.74) is -5.75. The number of likely N-dealkylation sites (N-methyl/N-ethyl adjacent to an activating group) is 1. The zero-order valence-corrected chi connectivity index (χ0v) is 56.1. The van der Waals surface area contributed by atoms with Gasteiger partial charge >= 0.3 is 5.97 Å². The second-order valence-corrected chi connectivity index (χ2v) is 35.9. The molecule has 96 heavy (non-hydrogen) atoms. The van der Waals surface area contributed by atoms with E-state index in [1.165, 1.54) is 16.7 Å². The second-order valence-electron chi connectivity index (χ2n) is 35.9. The topological polar surface area (TPSA) is 186 Å². The number of nitrogens with one attached hydrogen (secondary N) is 1. The summed E-state index contributed by atoms with van der Waals surface area (Å²) in [5, 5.41) is 92.0. The van der Waals surface area contributed by atoms with Crippen molar-refractivity contribution in [2.75, 3.05) is 13.7 Å². The number of esters is 1. The average molecular weight is 1290 g/mol. The van der Waals surface area contributed by atoms with E-state index in [0.717, 1.165) is 106 Å². The molecule has 21 rings (SSSR count). The fourth-order valence-electron chi connectivity index (χ4n) is 30.9. The van der Waals surface area contributed by atoms with Crippen LogP contribution in [0.2, 0.25) is 0 Å². The number of carbonyl (C=O) groups excluding carboxylic acids is 2. The van der Waals surface area contributed by atoms with E-state index in [2.05, 4.69) is 102 Å². The molecule has 504 valence electrons. The van der Waals surface area contributed by atoms with E-state index in [1.807, 2.05) is 19.2 Å². The van der Waals surface area contributed by atoms with Gasteiger partial charge in [0.15, 0.2) is 0 Å². The molecule has 0 amide bonds. The number of ether oxygens (including phenoxy) is 2. The van der Waals surface area contributed by atoms with Gasteiger partial charge in [-0.2, -0.15) is 0 Å². The first-order valence-electron chi connectivity index (χ1n) is 38.3. The van der Waals surface area contributed by atoms with Crippen LogP contribution in [0.15, 0.2) is 96.6 Å². The minimum Gasteiger partial charge on any atom is -0.454 e.